The lowest BCUT2D eigenvalue weighted by molar-refractivity contribution is -0.156. The molecule has 10 nitrogen and oxygen atoms in total. The van der Waals surface area contributed by atoms with Crippen LogP contribution < -0.4 is 10.9 Å². The Morgan fingerprint density at radius 3 is 2.63 bits per heavy atom. The molecule has 0 unspecified atom stereocenters. The third-order valence-corrected chi connectivity index (χ3v) is 7.00. The van der Waals surface area contributed by atoms with Crippen molar-refractivity contribution in [1.29, 1.82) is 0 Å². The van der Waals surface area contributed by atoms with E-state index in [1.54, 1.807) is 0 Å². The fourth-order valence-corrected chi connectivity index (χ4v) is 4.83. The molecule has 3 heterocycles. The lowest BCUT2D eigenvalue weighted by atomic mass is 9.83. The van der Waals surface area contributed by atoms with Gasteiger partial charge in [-0.15, -0.1) is 5.10 Å². The van der Waals surface area contributed by atoms with Gasteiger partial charge in [-0.2, -0.15) is 9.50 Å². The lowest BCUT2D eigenvalue weighted by Crippen LogP contribution is -2.54. The van der Waals surface area contributed by atoms with Crippen LogP contribution in [0, 0.1) is 0 Å². The molecular weight excluding hydrogens is 450 g/mol. The highest BCUT2D eigenvalue weighted by molar-refractivity contribution is 5.85. The number of amides is 1. The Balaban J connectivity index is 1.32. The van der Waals surface area contributed by atoms with Gasteiger partial charge in [0, 0.05) is 49.9 Å². The number of rotatable bonds is 7. The molecule has 0 radical (unpaired) electrons. The average molecular weight is 482 g/mol. The summed E-state index contributed by atoms with van der Waals surface area (Å²) in [5, 5.41) is 18.0. The van der Waals surface area contributed by atoms with Crippen molar-refractivity contribution in [2.45, 2.75) is 62.8 Å². The number of H-pyrrole nitrogens is 1. The molecule has 2 fully saturated rings. The van der Waals surface area contributed by atoms with Gasteiger partial charge in [0.25, 0.3) is 11.5 Å². The Morgan fingerprint density at radius 2 is 1.89 bits per heavy atom. The first-order valence-corrected chi connectivity index (χ1v) is 12.2. The minimum absolute atomic E-state index is 0.0603. The van der Waals surface area contributed by atoms with Crippen LogP contribution in [-0.2, 0) is 20.9 Å². The smallest absolute Gasteiger partial charge is 0.275 e. The SMILES string of the molecule is O=C(NCC1(O)CCOCC1)C1(OCc2cc(=O)n3nc(-c4ccccc4)nc3[nH]2)CCCCC1. The number of aliphatic hydroxyl groups is 1. The molecule has 186 valence electrons. The normalized spacial score (nSPS) is 19.5. The van der Waals surface area contributed by atoms with Gasteiger partial charge in [-0.1, -0.05) is 49.6 Å². The number of aromatic nitrogens is 4. The van der Waals surface area contributed by atoms with Gasteiger partial charge in [-0.05, 0) is 12.8 Å². The first-order valence-electron chi connectivity index (χ1n) is 12.2. The summed E-state index contributed by atoms with van der Waals surface area (Å²) < 4.78 is 12.8. The summed E-state index contributed by atoms with van der Waals surface area (Å²) in [6.07, 6.45) is 4.98. The third kappa shape index (κ3) is 5.14. The van der Waals surface area contributed by atoms with Crippen molar-refractivity contribution in [2.75, 3.05) is 19.8 Å². The van der Waals surface area contributed by atoms with E-state index < -0.39 is 11.2 Å². The Morgan fingerprint density at radius 1 is 1.14 bits per heavy atom. The Labute approximate surface area is 202 Å². The number of hydrogen-bond donors (Lipinski definition) is 3. The van der Waals surface area contributed by atoms with Crippen molar-refractivity contribution >= 4 is 11.7 Å². The Hall–Kier alpha value is -3.08. The molecule has 5 rings (SSSR count). The van der Waals surface area contributed by atoms with E-state index >= 15 is 0 Å². The van der Waals surface area contributed by atoms with Crippen LogP contribution >= 0.6 is 0 Å². The number of benzene rings is 1. The largest absolute Gasteiger partial charge is 0.388 e. The van der Waals surface area contributed by atoms with Crippen LogP contribution in [0.2, 0.25) is 0 Å². The summed E-state index contributed by atoms with van der Waals surface area (Å²) in [5.41, 5.74) is -0.937. The van der Waals surface area contributed by atoms with Gasteiger partial charge in [0.05, 0.1) is 12.2 Å². The molecule has 35 heavy (non-hydrogen) atoms. The average Bonchev–Trinajstić information content (AvgIpc) is 3.33. The Bertz CT molecular complexity index is 1230. The van der Waals surface area contributed by atoms with Crippen molar-refractivity contribution < 1.29 is 19.4 Å². The summed E-state index contributed by atoms with van der Waals surface area (Å²) in [6.45, 7) is 1.20. The van der Waals surface area contributed by atoms with Crippen molar-refractivity contribution in [3.63, 3.8) is 0 Å². The minimum atomic E-state index is -0.994. The second-order valence-corrected chi connectivity index (χ2v) is 9.53. The van der Waals surface area contributed by atoms with Crippen molar-refractivity contribution in [3.05, 3.63) is 52.4 Å². The van der Waals surface area contributed by atoms with E-state index in [0.717, 1.165) is 24.8 Å². The number of fused-ring (bicyclic) bond motifs is 1. The van der Waals surface area contributed by atoms with Gasteiger partial charge in [0.15, 0.2) is 5.82 Å². The van der Waals surface area contributed by atoms with Crippen LogP contribution in [-0.4, -0.2) is 61.6 Å². The number of ether oxygens (including phenoxy) is 2. The Kier molecular flexibility index (Phi) is 6.68. The van der Waals surface area contributed by atoms with Gasteiger partial charge in [-0.25, -0.2) is 0 Å². The highest BCUT2D eigenvalue weighted by atomic mass is 16.5. The first kappa shape index (κ1) is 23.7. The second-order valence-electron chi connectivity index (χ2n) is 9.53. The molecule has 2 aliphatic rings. The molecule has 1 saturated carbocycles. The summed E-state index contributed by atoms with van der Waals surface area (Å²) in [4.78, 5) is 33.6. The highest BCUT2D eigenvalue weighted by Gasteiger charge is 2.42. The molecule has 3 aromatic rings. The van der Waals surface area contributed by atoms with Crippen LogP contribution in [0.25, 0.3) is 17.2 Å². The zero-order chi connectivity index (χ0) is 24.3. The van der Waals surface area contributed by atoms with Gasteiger partial charge in [-0.3, -0.25) is 9.59 Å². The maximum atomic E-state index is 13.3. The zero-order valence-corrected chi connectivity index (χ0v) is 19.7. The number of hydrogen-bond acceptors (Lipinski definition) is 7. The molecule has 0 atom stereocenters. The van der Waals surface area contributed by atoms with Crippen LogP contribution in [0.4, 0.5) is 0 Å². The predicted octanol–water partition coefficient (Wildman–Crippen LogP) is 1.96. The molecule has 1 amide bonds. The summed E-state index contributed by atoms with van der Waals surface area (Å²) >= 11 is 0. The molecule has 1 saturated heterocycles. The van der Waals surface area contributed by atoms with Crippen LogP contribution in [0.5, 0.6) is 0 Å². The second kappa shape index (κ2) is 9.88. The summed E-state index contributed by atoms with van der Waals surface area (Å²) in [6, 6.07) is 10.9. The lowest BCUT2D eigenvalue weighted by Gasteiger charge is -2.38. The summed E-state index contributed by atoms with van der Waals surface area (Å²) in [5.74, 6) is 0.555. The fraction of sp³-hybridized carbons (Fsp3) is 0.520. The highest BCUT2D eigenvalue weighted by Crippen LogP contribution is 2.33. The molecular formula is C25H31N5O5. The predicted molar refractivity (Wildman–Crippen MR) is 128 cm³/mol. The molecule has 0 bridgehead atoms. The number of nitrogens with one attached hydrogen (secondary N) is 2. The minimum Gasteiger partial charge on any atom is -0.388 e. The molecule has 3 N–H and O–H groups in total. The standard InChI is InChI=1S/C25H31N5O5/c31-20-15-19(27-23-28-21(29-30(20)23)18-7-3-1-4-8-18)16-35-25(9-5-2-6-10-25)22(32)26-17-24(33)11-13-34-14-12-24/h1,3-4,7-8,15,33H,2,5-6,9-14,16-17H2,(H,26,32)(H,27,28,29). The zero-order valence-electron chi connectivity index (χ0n) is 19.7. The number of aromatic amines is 1. The maximum Gasteiger partial charge on any atom is 0.275 e. The van der Waals surface area contributed by atoms with E-state index in [2.05, 4.69) is 20.4 Å². The molecule has 1 aliphatic carbocycles. The molecule has 0 spiro atoms. The van der Waals surface area contributed by atoms with Crippen molar-refractivity contribution in [2.24, 2.45) is 0 Å². The van der Waals surface area contributed by atoms with Crippen molar-refractivity contribution in [1.82, 2.24) is 24.9 Å². The number of nitrogens with zero attached hydrogens (tertiary/aromatic N) is 3. The van der Waals surface area contributed by atoms with E-state index in [-0.39, 0.29) is 24.6 Å². The molecule has 1 aliphatic heterocycles. The monoisotopic (exact) mass is 481 g/mol. The van der Waals surface area contributed by atoms with E-state index in [1.807, 2.05) is 30.3 Å². The van der Waals surface area contributed by atoms with E-state index in [0.29, 0.717) is 56.2 Å². The fourth-order valence-electron chi connectivity index (χ4n) is 4.83. The molecule has 10 heteroatoms. The van der Waals surface area contributed by atoms with Crippen molar-refractivity contribution in [3.8, 4) is 11.4 Å². The summed E-state index contributed by atoms with van der Waals surface area (Å²) in [7, 11) is 0. The van der Waals surface area contributed by atoms with Gasteiger partial charge in [0.2, 0.25) is 5.78 Å². The van der Waals surface area contributed by atoms with E-state index in [9.17, 15) is 14.7 Å². The van der Waals surface area contributed by atoms with Crippen LogP contribution in [0.3, 0.4) is 0 Å². The number of carbonyl (C=O) groups excluding carboxylic acids is 1. The van der Waals surface area contributed by atoms with Gasteiger partial charge >= 0.3 is 0 Å². The topological polar surface area (TPSA) is 131 Å². The van der Waals surface area contributed by atoms with E-state index in [1.165, 1.54) is 10.6 Å². The van der Waals surface area contributed by atoms with Crippen LogP contribution in [0.1, 0.15) is 50.6 Å². The number of carbonyl (C=O) groups is 1. The first-order chi connectivity index (χ1) is 17.0. The maximum absolute atomic E-state index is 13.3. The molecule has 2 aromatic heterocycles. The quantitative estimate of drug-likeness (QED) is 0.470. The third-order valence-electron chi connectivity index (χ3n) is 7.00. The van der Waals surface area contributed by atoms with E-state index in [4.69, 9.17) is 9.47 Å². The molecule has 1 aromatic carbocycles. The van der Waals surface area contributed by atoms with Gasteiger partial charge < -0.3 is 24.9 Å². The van der Waals surface area contributed by atoms with Gasteiger partial charge in [0.1, 0.15) is 5.60 Å². The van der Waals surface area contributed by atoms with Crippen LogP contribution in [0.15, 0.2) is 41.2 Å².